The molecule has 2 rings (SSSR count). The number of anilines is 1. The van der Waals surface area contributed by atoms with Crippen molar-refractivity contribution in [3.8, 4) is 5.75 Å². The Morgan fingerprint density at radius 3 is 2.23 bits per heavy atom. The zero-order chi connectivity index (χ0) is 19.1. The third-order valence-electron chi connectivity index (χ3n) is 3.95. The van der Waals surface area contributed by atoms with E-state index in [0.29, 0.717) is 17.9 Å². The molecule has 26 heavy (non-hydrogen) atoms. The van der Waals surface area contributed by atoms with Crippen molar-refractivity contribution in [3.63, 3.8) is 0 Å². The summed E-state index contributed by atoms with van der Waals surface area (Å²) in [6, 6.07) is 12.5. The maximum atomic E-state index is 12.3. The van der Waals surface area contributed by atoms with Gasteiger partial charge in [0.25, 0.3) is 5.91 Å². The van der Waals surface area contributed by atoms with Crippen molar-refractivity contribution in [1.82, 2.24) is 0 Å². The minimum atomic E-state index is -0.905. The molecule has 2 aromatic rings. The SMILES string of the molecule is CCCOc1ccc(C(=O)O[C@@H](C)C(=O)Nc2c(C)cccc2C)cc1. The summed E-state index contributed by atoms with van der Waals surface area (Å²) in [6.45, 7) is 8.04. The van der Waals surface area contributed by atoms with Crippen LogP contribution in [0.15, 0.2) is 42.5 Å². The molecular formula is C21H25NO4. The summed E-state index contributed by atoms with van der Waals surface area (Å²) in [7, 11) is 0. The van der Waals surface area contributed by atoms with E-state index in [1.165, 1.54) is 0 Å². The maximum Gasteiger partial charge on any atom is 0.338 e. The number of hydrogen-bond acceptors (Lipinski definition) is 4. The first kappa shape index (κ1) is 19.5. The summed E-state index contributed by atoms with van der Waals surface area (Å²) in [5, 5.41) is 2.83. The van der Waals surface area contributed by atoms with Gasteiger partial charge in [-0.1, -0.05) is 25.1 Å². The Kier molecular flexibility index (Phi) is 6.78. The van der Waals surface area contributed by atoms with Gasteiger partial charge >= 0.3 is 5.97 Å². The van der Waals surface area contributed by atoms with Crippen molar-refractivity contribution in [2.24, 2.45) is 0 Å². The van der Waals surface area contributed by atoms with Crippen LogP contribution in [-0.4, -0.2) is 24.6 Å². The molecule has 0 aromatic heterocycles. The number of carbonyl (C=O) groups excluding carboxylic acids is 2. The summed E-state index contributed by atoms with van der Waals surface area (Å²) < 4.78 is 10.8. The molecule has 0 heterocycles. The molecule has 1 amide bonds. The highest BCUT2D eigenvalue weighted by atomic mass is 16.5. The van der Waals surface area contributed by atoms with Crippen molar-refractivity contribution in [2.75, 3.05) is 11.9 Å². The fraction of sp³-hybridized carbons (Fsp3) is 0.333. The van der Waals surface area contributed by atoms with Crippen LogP contribution in [0.1, 0.15) is 41.8 Å². The topological polar surface area (TPSA) is 64.6 Å². The van der Waals surface area contributed by atoms with Gasteiger partial charge in [-0.25, -0.2) is 4.79 Å². The minimum absolute atomic E-state index is 0.362. The van der Waals surface area contributed by atoms with Crippen LogP contribution in [0, 0.1) is 13.8 Å². The molecule has 2 aromatic carbocycles. The molecule has 0 radical (unpaired) electrons. The number of ether oxygens (including phenoxy) is 2. The molecule has 0 bridgehead atoms. The fourth-order valence-corrected chi connectivity index (χ4v) is 2.43. The summed E-state index contributed by atoms with van der Waals surface area (Å²) >= 11 is 0. The average Bonchev–Trinajstić information content (AvgIpc) is 2.63. The van der Waals surface area contributed by atoms with Crippen molar-refractivity contribution < 1.29 is 19.1 Å². The fourth-order valence-electron chi connectivity index (χ4n) is 2.43. The number of para-hydroxylation sites is 1. The predicted octanol–water partition coefficient (Wildman–Crippen LogP) is 4.28. The molecule has 1 atom stereocenters. The summed E-state index contributed by atoms with van der Waals surface area (Å²) in [5.41, 5.74) is 3.04. The average molecular weight is 355 g/mol. The number of esters is 1. The van der Waals surface area contributed by atoms with Crippen LogP contribution in [0.3, 0.4) is 0 Å². The molecule has 0 fully saturated rings. The zero-order valence-corrected chi connectivity index (χ0v) is 15.7. The van der Waals surface area contributed by atoms with Crippen molar-refractivity contribution >= 4 is 17.6 Å². The van der Waals surface area contributed by atoms with E-state index in [-0.39, 0.29) is 5.91 Å². The lowest BCUT2D eigenvalue weighted by atomic mass is 10.1. The Morgan fingerprint density at radius 1 is 1.04 bits per heavy atom. The largest absolute Gasteiger partial charge is 0.494 e. The Labute approximate surface area is 154 Å². The number of hydrogen-bond donors (Lipinski definition) is 1. The third-order valence-corrected chi connectivity index (χ3v) is 3.95. The Morgan fingerprint density at radius 2 is 1.65 bits per heavy atom. The summed E-state index contributed by atoms with van der Waals surface area (Å²) in [5.74, 6) is -0.209. The Balaban J connectivity index is 1.96. The zero-order valence-electron chi connectivity index (χ0n) is 15.7. The number of benzene rings is 2. The monoisotopic (exact) mass is 355 g/mol. The van der Waals surface area contributed by atoms with Gasteiger partial charge < -0.3 is 14.8 Å². The van der Waals surface area contributed by atoms with Crippen LogP contribution in [0.25, 0.3) is 0 Å². The van der Waals surface area contributed by atoms with Crippen LogP contribution in [0.5, 0.6) is 5.75 Å². The molecule has 0 saturated heterocycles. The van der Waals surface area contributed by atoms with Gasteiger partial charge in [-0.15, -0.1) is 0 Å². The highest BCUT2D eigenvalue weighted by molar-refractivity contribution is 5.98. The van der Waals surface area contributed by atoms with E-state index >= 15 is 0 Å². The molecule has 0 aliphatic heterocycles. The van der Waals surface area contributed by atoms with Crippen molar-refractivity contribution in [3.05, 3.63) is 59.2 Å². The number of nitrogens with one attached hydrogen (secondary N) is 1. The van der Waals surface area contributed by atoms with Crippen LogP contribution in [0.4, 0.5) is 5.69 Å². The van der Waals surface area contributed by atoms with Gasteiger partial charge in [0, 0.05) is 5.69 Å². The number of carbonyl (C=O) groups is 2. The standard InChI is InChI=1S/C21H25NO4/c1-5-13-25-18-11-9-17(10-12-18)21(24)26-16(4)20(23)22-19-14(2)7-6-8-15(19)3/h6-12,16H,5,13H2,1-4H3,(H,22,23)/t16-/m0/s1. The number of amides is 1. The maximum absolute atomic E-state index is 12.3. The third kappa shape index (κ3) is 5.09. The lowest BCUT2D eigenvalue weighted by Crippen LogP contribution is -2.30. The van der Waals surface area contributed by atoms with Crippen molar-refractivity contribution in [1.29, 1.82) is 0 Å². The molecule has 0 saturated carbocycles. The van der Waals surface area contributed by atoms with Crippen molar-refractivity contribution in [2.45, 2.75) is 40.2 Å². The normalized spacial score (nSPS) is 11.5. The van der Waals surface area contributed by atoms with Gasteiger partial charge in [0.15, 0.2) is 6.10 Å². The molecule has 138 valence electrons. The number of aryl methyl sites for hydroxylation is 2. The molecule has 0 aliphatic carbocycles. The summed E-state index contributed by atoms with van der Waals surface area (Å²) in [6.07, 6.45) is 0.00840. The quantitative estimate of drug-likeness (QED) is 0.753. The molecule has 0 unspecified atom stereocenters. The molecular weight excluding hydrogens is 330 g/mol. The highest BCUT2D eigenvalue weighted by Crippen LogP contribution is 2.20. The molecule has 5 nitrogen and oxygen atoms in total. The smallest absolute Gasteiger partial charge is 0.338 e. The van der Waals surface area contributed by atoms with E-state index in [1.54, 1.807) is 31.2 Å². The van der Waals surface area contributed by atoms with Crippen LogP contribution in [-0.2, 0) is 9.53 Å². The van der Waals surface area contributed by atoms with Gasteiger partial charge in [0.2, 0.25) is 0 Å². The van der Waals surface area contributed by atoms with Gasteiger partial charge in [-0.2, -0.15) is 0 Å². The molecule has 1 N–H and O–H groups in total. The Bertz CT molecular complexity index is 748. The first-order valence-electron chi connectivity index (χ1n) is 8.73. The molecule has 0 spiro atoms. The van der Waals surface area contributed by atoms with Crippen LogP contribution in [0.2, 0.25) is 0 Å². The van der Waals surface area contributed by atoms with E-state index in [0.717, 1.165) is 23.2 Å². The Hall–Kier alpha value is -2.82. The highest BCUT2D eigenvalue weighted by Gasteiger charge is 2.20. The van der Waals surface area contributed by atoms with E-state index in [1.807, 2.05) is 39.0 Å². The molecule has 0 aliphatic rings. The van der Waals surface area contributed by atoms with Crippen LogP contribution >= 0.6 is 0 Å². The van der Waals surface area contributed by atoms with E-state index in [4.69, 9.17) is 9.47 Å². The first-order valence-corrected chi connectivity index (χ1v) is 8.73. The lowest BCUT2D eigenvalue weighted by molar-refractivity contribution is -0.123. The van der Waals surface area contributed by atoms with Gasteiger partial charge in [-0.05, 0) is 62.6 Å². The van der Waals surface area contributed by atoms with E-state index < -0.39 is 12.1 Å². The second kappa shape index (κ2) is 9.04. The first-order chi connectivity index (χ1) is 12.4. The number of rotatable bonds is 7. The second-order valence-electron chi connectivity index (χ2n) is 6.18. The van der Waals surface area contributed by atoms with Gasteiger partial charge in [0.05, 0.1) is 12.2 Å². The van der Waals surface area contributed by atoms with Crippen LogP contribution < -0.4 is 10.1 Å². The lowest BCUT2D eigenvalue weighted by Gasteiger charge is -2.16. The predicted molar refractivity (Wildman–Crippen MR) is 102 cm³/mol. The minimum Gasteiger partial charge on any atom is -0.494 e. The van der Waals surface area contributed by atoms with E-state index in [9.17, 15) is 9.59 Å². The summed E-state index contributed by atoms with van der Waals surface area (Å²) in [4.78, 5) is 24.6. The van der Waals surface area contributed by atoms with Gasteiger partial charge in [-0.3, -0.25) is 4.79 Å². The van der Waals surface area contributed by atoms with Gasteiger partial charge in [0.1, 0.15) is 5.75 Å². The second-order valence-corrected chi connectivity index (χ2v) is 6.18. The molecule has 5 heteroatoms. The van der Waals surface area contributed by atoms with E-state index in [2.05, 4.69) is 5.32 Å².